The highest BCUT2D eigenvalue weighted by atomic mass is 32.2. The van der Waals surface area contributed by atoms with Crippen LogP contribution < -0.4 is 9.64 Å². The van der Waals surface area contributed by atoms with Crippen molar-refractivity contribution in [2.24, 2.45) is 0 Å². The highest BCUT2D eigenvalue weighted by Gasteiger charge is 2.45. The van der Waals surface area contributed by atoms with Crippen molar-refractivity contribution in [2.75, 3.05) is 18.5 Å². The molecule has 234 valence electrons. The van der Waals surface area contributed by atoms with Gasteiger partial charge < -0.3 is 14.7 Å². The quantitative estimate of drug-likeness (QED) is 0.358. The first-order valence-electron chi connectivity index (χ1n) is 12.5. The van der Waals surface area contributed by atoms with Gasteiger partial charge in [0.25, 0.3) is 0 Å². The van der Waals surface area contributed by atoms with Crippen LogP contribution in [0.5, 0.6) is 5.75 Å². The normalized spacial score (nSPS) is 21.5. The maximum Gasteiger partial charge on any atom is 0.420 e. The standard InChI is InChI=1S/C24H25F8N3O5S2/c1-34-14(4-7-23(27,28)29)10-35(13-2-5-22(25,26)6-3-13)16-8-15(24(30,31)32)17(9-19(16)42(34,38)39)40-11-18-20(21(36)37)33-12-41-18/h8-9,12-14H,2-7,10-11H2,1H3,(H,36,37)/t14-/m0/s1. The van der Waals surface area contributed by atoms with E-state index in [4.69, 9.17) is 4.74 Å². The molecule has 2 aliphatic rings. The molecule has 18 heteroatoms. The van der Waals surface area contributed by atoms with Gasteiger partial charge in [0, 0.05) is 51.0 Å². The van der Waals surface area contributed by atoms with Crippen LogP contribution in [-0.4, -0.2) is 66.6 Å². The number of carboxylic acids is 1. The van der Waals surface area contributed by atoms with Crippen molar-refractivity contribution in [3.05, 3.63) is 33.8 Å². The summed E-state index contributed by atoms with van der Waals surface area (Å²) in [6.07, 6.45) is -13.6. The summed E-state index contributed by atoms with van der Waals surface area (Å²) in [7, 11) is -3.71. The Morgan fingerprint density at radius 3 is 2.38 bits per heavy atom. The fourth-order valence-electron chi connectivity index (χ4n) is 5.09. The van der Waals surface area contributed by atoms with E-state index in [1.807, 2.05) is 0 Å². The van der Waals surface area contributed by atoms with Crippen molar-refractivity contribution in [3.8, 4) is 5.75 Å². The first kappa shape index (κ1) is 32.2. The van der Waals surface area contributed by atoms with Crippen LogP contribution in [0.1, 0.15) is 59.5 Å². The highest BCUT2D eigenvalue weighted by Crippen LogP contribution is 2.47. The summed E-state index contributed by atoms with van der Waals surface area (Å²) in [6.45, 7) is -1.17. The molecule has 1 N–H and O–H groups in total. The summed E-state index contributed by atoms with van der Waals surface area (Å²) in [5.41, 5.74) is -1.25. The van der Waals surface area contributed by atoms with Crippen molar-refractivity contribution >= 4 is 33.0 Å². The van der Waals surface area contributed by atoms with Crippen molar-refractivity contribution in [1.29, 1.82) is 0 Å². The van der Waals surface area contributed by atoms with Crippen LogP contribution in [-0.2, 0) is 22.8 Å². The topological polar surface area (TPSA) is 100 Å². The Hall–Kier alpha value is -2.73. The van der Waals surface area contributed by atoms with Gasteiger partial charge in [0.2, 0.25) is 15.9 Å². The van der Waals surface area contributed by atoms with E-state index in [1.165, 1.54) is 4.90 Å². The van der Waals surface area contributed by atoms with E-state index in [0.717, 1.165) is 23.9 Å². The molecule has 1 aromatic heterocycles. The average Bonchev–Trinajstić information content (AvgIpc) is 3.32. The molecule has 1 saturated carbocycles. The smallest absolute Gasteiger partial charge is 0.420 e. The van der Waals surface area contributed by atoms with Gasteiger partial charge in [0.1, 0.15) is 17.3 Å². The van der Waals surface area contributed by atoms with Crippen molar-refractivity contribution in [1.82, 2.24) is 9.29 Å². The molecule has 0 bridgehead atoms. The van der Waals surface area contributed by atoms with E-state index in [9.17, 15) is 53.4 Å². The Kier molecular flexibility index (Phi) is 8.74. The van der Waals surface area contributed by atoms with Crippen molar-refractivity contribution in [3.63, 3.8) is 0 Å². The summed E-state index contributed by atoms with van der Waals surface area (Å²) >= 11 is 0.783. The van der Waals surface area contributed by atoms with Crippen LogP contribution in [0, 0.1) is 0 Å². The second kappa shape index (κ2) is 11.4. The molecule has 0 amide bonds. The number of aromatic carboxylic acids is 1. The van der Waals surface area contributed by atoms with Gasteiger partial charge in [0.05, 0.1) is 21.6 Å². The minimum atomic E-state index is -5.11. The number of ether oxygens (including phenoxy) is 1. The van der Waals surface area contributed by atoms with E-state index >= 15 is 0 Å². The molecule has 0 saturated heterocycles. The van der Waals surface area contributed by atoms with Crippen LogP contribution in [0.2, 0.25) is 0 Å². The maximum absolute atomic E-state index is 14.3. The Morgan fingerprint density at radius 2 is 1.81 bits per heavy atom. The zero-order valence-corrected chi connectivity index (χ0v) is 23.4. The number of sulfonamides is 1. The maximum atomic E-state index is 14.3. The van der Waals surface area contributed by atoms with Crippen LogP contribution in [0.4, 0.5) is 40.8 Å². The van der Waals surface area contributed by atoms with E-state index in [-0.39, 0.29) is 17.7 Å². The number of likely N-dealkylation sites (N-methyl/N-ethyl adjacent to an activating group) is 1. The Labute approximate surface area is 238 Å². The fraction of sp³-hybridized carbons (Fsp3) is 0.583. The van der Waals surface area contributed by atoms with E-state index in [2.05, 4.69) is 4.98 Å². The van der Waals surface area contributed by atoms with Gasteiger partial charge in [-0.2, -0.15) is 30.6 Å². The SMILES string of the molecule is CN1[C@@H](CCC(F)(F)F)CN(C2CCC(F)(F)CC2)c2cc(C(F)(F)F)c(OCc3scnc3C(=O)O)cc2S1(=O)=O. The van der Waals surface area contributed by atoms with Gasteiger partial charge in [-0.1, -0.05) is 0 Å². The third-order valence-electron chi connectivity index (χ3n) is 7.35. The van der Waals surface area contributed by atoms with Crippen LogP contribution in [0.15, 0.2) is 22.5 Å². The third-order valence-corrected chi connectivity index (χ3v) is 10.1. The number of thiazole rings is 1. The molecular formula is C24H25F8N3O5S2. The molecule has 1 aliphatic carbocycles. The van der Waals surface area contributed by atoms with Crippen molar-refractivity contribution < 1.29 is 58.2 Å². The molecular weight excluding hydrogens is 626 g/mol. The second-order valence-electron chi connectivity index (χ2n) is 10.1. The number of hydrogen-bond acceptors (Lipinski definition) is 7. The fourth-order valence-corrected chi connectivity index (χ4v) is 7.33. The number of carbonyl (C=O) groups is 1. The molecule has 1 aromatic carbocycles. The number of aromatic nitrogens is 1. The summed E-state index contributed by atoms with van der Waals surface area (Å²) in [5, 5.41) is 9.23. The lowest BCUT2D eigenvalue weighted by atomic mass is 9.90. The van der Waals surface area contributed by atoms with Crippen LogP contribution in [0.3, 0.4) is 0 Å². The van der Waals surface area contributed by atoms with Gasteiger partial charge >= 0.3 is 18.3 Å². The lowest BCUT2D eigenvalue weighted by Gasteiger charge is -2.40. The number of hydrogen-bond donors (Lipinski definition) is 1. The van der Waals surface area contributed by atoms with E-state index in [0.29, 0.717) is 16.4 Å². The van der Waals surface area contributed by atoms with E-state index in [1.54, 1.807) is 0 Å². The molecule has 4 rings (SSSR count). The number of halogens is 8. The highest BCUT2D eigenvalue weighted by molar-refractivity contribution is 7.89. The van der Waals surface area contributed by atoms with Gasteiger partial charge in [0.15, 0.2) is 5.69 Å². The van der Waals surface area contributed by atoms with Gasteiger partial charge in [-0.05, 0) is 25.3 Å². The molecule has 2 aromatic rings. The average molecular weight is 652 g/mol. The van der Waals surface area contributed by atoms with Gasteiger partial charge in [-0.25, -0.2) is 27.0 Å². The Bertz CT molecular complexity index is 1420. The lowest BCUT2D eigenvalue weighted by Crippen LogP contribution is -2.47. The van der Waals surface area contributed by atoms with Crippen LogP contribution in [0.25, 0.3) is 0 Å². The molecule has 2 heterocycles. The molecule has 42 heavy (non-hydrogen) atoms. The zero-order chi connectivity index (χ0) is 31.3. The number of nitrogens with zero attached hydrogens (tertiary/aromatic N) is 3. The number of anilines is 1. The molecule has 0 radical (unpaired) electrons. The lowest BCUT2D eigenvalue weighted by molar-refractivity contribution is -0.139. The predicted molar refractivity (Wildman–Crippen MR) is 133 cm³/mol. The molecule has 1 aliphatic heterocycles. The minimum Gasteiger partial charge on any atom is -0.487 e. The zero-order valence-electron chi connectivity index (χ0n) is 21.8. The van der Waals surface area contributed by atoms with Crippen molar-refractivity contribution in [2.45, 2.75) is 80.4 Å². The van der Waals surface area contributed by atoms with Gasteiger partial charge in [-0.15, -0.1) is 11.3 Å². The number of fused-ring (bicyclic) bond motifs is 1. The van der Waals surface area contributed by atoms with Crippen LogP contribution >= 0.6 is 11.3 Å². The first-order chi connectivity index (χ1) is 19.3. The Balaban J connectivity index is 1.84. The third kappa shape index (κ3) is 6.90. The van der Waals surface area contributed by atoms with Gasteiger partial charge in [-0.3, -0.25) is 0 Å². The predicted octanol–water partition coefficient (Wildman–Crippen LogP) is 6.17. The molecule has 1 fully saturated rings. The number of alkyl halides is 8. The monoisotopic (exact) mass is 651 g/mol. The summed E-state index contributed by atoms with van der Waals surface area (Å²) in [4.78, 5) is 15.4. The molecule has 8 nitrogen and oxygen atoms in total. The summed E-state index contributed by atoms with van der Waals surface area (Å²) in [5.74, 6) is -5.47. The molecule has 0 spiro atoms. The molecule has 0 unspecified atom stereocenters. The first-order valence-corrected chi connectivity index (χ1v) is 14.8. The minimum absolute atomic E-state index is 0.0532. The summed E-state index contributed by atoms with van der Waals surface area (Å²) in [6, 6.07) is -1.12. The largest absolute Gasteiger partial charge is 0.487 e. The summed E-state index contributed by atoms with van der Waals surface area (Å²) < 4.78 is 143. The van der Waals surface area contributed by atoms with E-state index < -0.39 is 113 Å². The second-order valence-corrected chi connectivity index (χ2v) is 13.0. The number of benzene rings is 1. The molecule has 1 atom stereocenters. The number of carboxylic acid groups (broad SMARTS) is 1. The number of rotatable bonds is 7. The Morgan fingerprint density at radius 1 is 1.17 bits per heavy atom.